The van der Waals surface area contributed by atoms with Gasteiger partial charge in [0.15, 0.2) is 0 Å². The Morgan fingerprint density at radius 2 is 1.71 bits per heavy atom. The molecule has 0 aliphatic rings. The topological polar surface area (TPSA) is 38.0 Å². The second-order valence-electron chi connectivity index (χ2n) is 5.96. The summed E-state index contributed by atoms with van der Waals surface area (Å²) >= 11 is 6.02. The number of hydrazine groups is 1. The van der Waals surface area contributed by atoms with Crippen molar-refractivity contribution in [1.82, 2.24) is 5.43 Å². The zero-order chi connectivity index (χ0) is 15.3. The van der Waals surface area contributed by atoms with E-state index in [4.69, 9.17) is 17.4 Å². The molecule has 0 saturated carbocycles. The number of halogens is 1. The highest BCUT2D eigenvalue weighted by molar-refractivity contribution is 6.30. The number of rotatable bonds is 12. The Morgan fingerprint density at radius 1 is 1.05 bits per heavy atom. The van der Waals surface area contributed by atoms with Crippen LogP contribution >= 0.6 is 11.6 Å². The van der Waals surface area contributed by atoms with Crippen molar-refractivity contribution in [3.8, 4) is 0 Å². The van der Waals surface area contributed by atoms with Gasteiger partial charge >= 0.3 is 0 Å². The highest BCUT2D eigenvalue weighted by Crippen LogP contribution is 2.15. The molecule has 0 aliphatic carbocycles. The van der Waals surface area contributed by atoms with Crippen LogP contribution in [0.2, 0.25) is 5.02 Å². The van der Waals surface area contributed by atoms with Crippen LogP contribution in [0.3, 0.4) is 0 Å². The highest BCUT2D eigenvalue weighted by atomic mass is 35.5. The molecule has 1 atom stereocenters. The van der Waals surface area contributed by atoms with Crippen LogP contribution in [-0.2, 0) is 6.42 Å². The van der Waals surface area contributed by atoms with Crippen LogP contribution in [0.15, 0.2) is 24.3 Å². The standard InChI is InChI=1S/C18H31ClN2/c1-2-3-4-5-6-7-8-9-13-18(21-20)15-16-11-10-12-17(19)14-16/h10-12,14,18,21H,2-9,13,15,20H2,1H3. The summed E-state index contributed by atoms with van der Waals surface area (Å²) in [6.45, 7) is 2.26. The Morgan fingerprint density at radius 3 is 2.33 bits per heavy atom. The van der Waals surface area contributed by atoms with Crippen molar-refractivity contribution in [3.05, 3.63) is 34.9 Å². The summed E-state index contributed by atoms with van der Waals surface area (Å²) < 4.78 is 0. The van der Waals surface area contributed by atoms with Gasteiger partial charge in [0, 0.05) is 11.1 Å². The van der Waals surface area contributed by atoms with Crippen molar-refractivity contribution in [2.24, 2.45) is 5.84 Å². The molecular weight excluding hydrogens is 280 g/mol. The van der Waals surface area contributed by atoms with Gasteiger partial charge in [0.2, 0.25) is 0 Å². The smallest absolute Gasteiger partial charge is 0.0408 e. The van der Waals surface area contributed by atoms with Gasteiger partial charge < -0.3 is 0 Å². The molecule has 0 spiro atoms. The van der Waals surface area contributed by atoms with Crippen molar-refractivity contribution < 1.29 is 0 Å². The van der Waals surface area contributed by atoms with E-state index in [9.17, 15) is 0 Å². The molecule has 1 aromatic carbocycles. The zero-order valence-electron chi connectivity index (χ0n) is 13.4. The van der Waals surface area contributed by atoms with Crippen molar-refractivity contribution in [3.63, 3.8) is 0 Å². The first kappa shape index (κ1) is 18.5. The molecule has 0 amide bonds. The van der Waals surface area contributed by atoms with Gasteiger partial charge in [0.1, 0.15) is 0 Å². The van der Waals surface area contributed by atoms with Crippen LogP contribution in [-0.4, -0.2) is 6.04 Å². The molecule has 1 unspecified atom stereocenters. The maximum atomic E-state index is 6.02. The molecule has 0 saturated heterocycles. The molecule has 3 heteroatoms. The Labute approximate surface area is 135 Å². The molecule has 0 heterocycles. The Hall–Kier alpha value is -0.570. The SMILES string of the molecule is CCCCCCCCCCC(Cc1cccc(Cl)c1)NN. The summed E-state index contributed by atoms with van der Waals surface area (Å²) in [5, 5.41) is 0.801. The van der Waals surface area contributed by atoms with Crippen molar-refractivity contribution in [1.29, 1.82) is 0 Å². The second-order valence-corrected chi connectivity index (χ2v) is 6.40. The van der Waals surface area contributed by atoms with E-state index in [1.807, 2.05) is 18.2 Å². The third-order valence-electron chi connectivity index (χ3n) is 4.01. The van der Waals surface area contributed by atoms with E-state index >= 15 is 0 Å². The summed E-state index contributed by atoms with van der Waals surface area (Å²) in [6, 6.07) is 8.41. The van der Waals surface area contributed by atoms with E-state index < -0.39 is 0 Å². The molecule has 0 aliphatic heterocycles. The first-order valence-electron chi connectivity index (χ1n) is 8.46. The lowest BCUT2D eigenvalue weighted by Crippen LogP contribution is -2.36. The second kappa shape index (κ2) is 12.0. The van der Waals surface area contributed by atoms with Crippen molar-refractivity contribution >= 4 is 11.6 Å². The third-order valence-corrected chi connectivity index (χ3v) is 4.25. The lowest BCUT2D eigenvalue weighted by atomic mass is 10.00. The Bertz CT molecular complexity index is 368. The Kier molecular flexibility index (Phi) is 10.6. The van der Waals surface area contributed by atoms with Gasteiger partial charge in [-0.25, -0.2) is 0 Å². The van der Waals surface area contributed by atoms with Gasteiger partial charge in [-0.2, -0.15) is 0 Å². The fourth-order valence-corrected chi connectivity index (χ4v) is 2.93. The van der Waals surface area contributed by atoms with Crippen LogP contribution in [0, 0.1) is 0 Å². The van der Waals surface area contributed by atoms with Gasteiger partial charge in [0.05, 0.1) is 0 Å². The van der Waals surface area contributed by atoms with E-state index in [1.54, 1.807) is 0 Å². The van der Waals surface area contributed by atoms with Crippen LogP contribution in [0.1, 0.15) is 70.3 Å². The molecule has 2 nitrogen and oxygen atoms in total. The largest absolute Gasteiger partial charge is 0.271 e. The molecule has 21 heavy (non-hydrogen) atoms. The van der Waals surface area contributed by atoms with Gasteiger partial charge in [-0.05, 0) is 30.5 Å². The minimum Gasteiger partial charge on any atom is -0.271 e. The average molecular weight is 311 g/mol. The van der Waals surface area contributed by atoms with Crippen LogP contribution < -0.4 is 11.3 Å². The molecule has 3 N–H and O–H groups in total. The van der Waals surface area contributed by atoms with E-state index in [0.717, 1.165) is 17.9 Å². The quantitative estimate of drug-likeness (QED) is 0.314. The number of hydrogen-bond acceptors (Lipinski definition) is 2. The predicted molar refractivity (Wildman–Crippen MR) is 93.5 cm³/mol. The van der Waals surface area contributed by atoms with Crippen LogP contribution in [0.4, 0.5) is 0 Å². The summed E-state index contributed by atoms with van der Waals surface area (Å²) in [5.41, 5.74) is 4.20. The van der Waals surface area contributed by atoms with Crippen LogP contribution in [0.5, 0.6) is 0 Å². The first-order chi connectivity index (χ1) is 10.3. The van der Waals surface area contributed by atoms with Crippen molar-refractivity contribution in [2.45, 2.75) is 77.2 Å². The average Bonchev–Trinajstić information content (AvgIpc) is 2.48. The summed E-state index contributed by atoms with van der Waals surface area (Å²) in [5.74, 6) is 5.67. The van der Waals surface area contributed by atoms with E-state index in [0.29, 0.717) is 6.04 Å². The number of benzene rings is 1. The number of unbranched alkanes of at least 4 members (excludes halogenated alkanes) is 7. The number of hydrogen-bond donors (Lipinski definition) is 2. The van der Waals surface area contributed by atoms with Crippen molar-refractivity contribution in [2.75, 3.05) is 0 Å². The lowest BCUT2D eigenvalue weighted by Gasteiger charge is -2.16. The number of nitrogens with one attached hydrogen (secondary N) is 1. The molecule has 0 aromatic heterocycles. The lowest BCUT2D eigenvalue weighted by molar-refractivity contribution is 0.458. The van der Waals surface area contributed by atoms with E-state index in [-0.39, 0.29) is 0 Å². The van der Waals surface area contributed by atoms with Gasteiger partial charge in [-0.3, -0.25) is 11.3 Å². The number of nitrogens with two attached hydrogens (primary N) is 1. The van der Waals surface area contributed by atoms with Gasteiger partial charge in [0.25, 0.3) is 0 Å². The fourth-order valence-electron chi connectivity index (χ4n) is 2.72. The zero-order valence-corrected chi connectivity index (χ0v) is 14.2. The Balaban J connectivity index is 2.11. The molecule has 120 valence electrons. The maximum absolute atomic E-state index is 6.02. The monoisotopic (exact) mass is 310 g/mol. The summed E-state index contributed by atoms with van der Waals surface area (Å²) in [7, 11) is 0. The minimum absolute atomic E-state index is 0.351. The molecule has 1 aromatic rings. The van der Waals surface area contributed by atoms with Gasteiger partial charge in [-0.15, -0.1) is 0 Å². The molecule has 1 rings (SSSR count). The third kappa shape index (κ3) is 9.13. The highest BCUT2D eigenvalue weighted by Gasteiger charge is 2.07. The summed E-state index contributed by atoms with van der Waals surface area (Å²) in [6.07, 6.45) is 12.9. The first-order valence-corrected chi connectivity index (χ1v) is 8.84. The van der Waals surface area contributed by atoms with E-state index in [1.165, 1.54) is 56.9 Å². The molecular formula is C18H31ClN2. The molecule has 0 radical (unpaired) electrons. The van der Waals surface area contributed by atoms with E-state index in [2.05, 4.69) is 18.4 Å². The van der Waals surface area contributed by atoms with Crippen LogP contribution in [0.25, 0.3) is 0 Å². The summed E-state index contributed by atoms with van der Waals surface area (Å²) in [4.78, 5) is 0. The molecule has 0 bridgehead atoms. The minimum atomic E-state index is 0.351. The maximum Gasteiger partial charge on any atom is 0.0408 e. The molecule has 0 fully saturated rings. The van der Waals surface area contributed by atoms with Gasteiger partial charge in [-0.1, -0.05) is 82.0 Å². The fraction of sp³-hybridized carbons (Fsp3) is 0.667. The normalized spacial score (nSPS) is 12.5. The predicted octanol–water partition coefficient (Wildman–Crippen LogP) is 5.25.